The Morgan fingerprint density at radius 1 is 1.73 bits per heavy atom. The molecule has 1 aromatic heterocycles. The molecule has 0 saturated carbocycles. The van der Waals surface area contributed by atoms with Crippen molar-refractivity contribution < 1.29 is 9.53 Å². The molecule has 0 amide bonds. The summed E-state index contributed by atoms with van der Waals surface area (Å²) < 4.78 is 4.85. The van der Waals surface area contributed by atoms with Gasteiger partial charge in [-0.15, -0.1) is 0 Å². The molecule has 1 rings (SSSR count). The minimum Gasteiger partial charge on any atom is -0.422 e. The minimum atomic E-state index is -0.399. The number of ether oxygens (including phenoxy) is 1. The summed E-state index contributed by atoms with van der Waals surface area (Å²) in [4.78, 5) is 13.6. The normalized spacial score (nSPS) is 9.18. The summed E-state index contributed by atoms with van der Waals surface area (Å²) in [7, 11) is 0. The molecule has 0 fully saturated rings. The lowest BCUT2D eigenvalue weighted by Crippen LogP contribution is -2.07. The van der Waals surface area contributed by atoms with Gasteiger partial charge in [-0.25, -0.2) is 4.79 Å². The summed E-state index contributed by atoms with van der Waals surface area (Å²) in [6, 6.07) is 1.67. The van der Waals surface area contributed by atoms with Crippen molar-refractivity contribution in [2.75, 3.05) is 0 Å². The molecule has 0 unspecified atom stereocenters. The molecule has 0 atom stereocenters. The fourth-order valence-corrected chi connectivity index (χ4v) is 0.566. The molecule has 0 aliphatic heterocycles. The van der Waals surface area contributed by atoms with Crippen molar-refractivity contribution in [3.63, 3.8) is 0 Å². The van der Waals surface area contributed by atoms with Crippen LogP contribution in [0, 0.1) is 0 Å². The third-order valence-corrected chi connectivity index (χ3v) is 1.13. The summed E-state index contributed by atoms with van der Waals surface area (Å²) in [5.41, 5.74) is 0.395. The first kappa shape index (κ1) is 7.60. The van der Waals surface area contributed by atoms with Gasteiger partial charge in [0.05, 0.1) is 0 Å². The molecule has 0 aliphatic carbocycles. The van der Waals surface area contributed by atoms with Gasteiger partial charge in [0.15, 0.2) is 0 Å². The molecule has 1 heterocycles. The first-order chi connectivity index (χ1) is 5.20. The van der Waals surface area contributed by atoms with E-state index in [4.69, 9.17) is 4.74 Å². The fourth-order valence-electron chi connectivity index (χ4n) is 0.566. The number of nitrogens with one attached hydrogen (secondary N) is 1. The number of carbonyl (C=O) groups is 1. The molecule has 0 radical (unpaired) electrons. The Kier molecular flexibility index (Phi) is 2.11. The lowest BCUT2D eigenvalue weighted by molar-refractivity contribution is -0.130. The molecule has 3 heteroatoms. The molecule has 0 aromatic carbocycles. The van der Waals surface area contributed by atoms with Crippen molar-refractivity contribution in [1.29, 1.82) is 0 Å². The maximum absolute atomic E-state index is 10.9. The van der Waals surface area contributed by atoms with Gasteiger partial charge in [0.2, 0.25) is 0 Å². The molecule has 58 valence electrons. The van der Waals surface area contributed by atoms with Crippen LogP contribution in [0.2, 0.25) is 0 Å². The van der Waals surface area contributed by atoms with Crippen LogP contribution in [0.4, 0.5) is 0 Å². The van der Waals surface area contributed by atoms with Gasteiger partial charge in [0.1, 0.15) is 5.75 Å². The average Bonchev–Trinajstić information content (AvgIpc) is 2.39. The zero-order valence-electron chi connectivity index (χ0n) is 6.26. The molecule has 3 nitrogen and oxygen atoms in total. The first-order valence-electron chi connectivity index (χ1n) is 3.20. The van der Waals surface area contributed by atoms with E-state index in [0.717, 1.165) is 0 Å². The fraction of sp³-hybridized carbons (Fsp3) is 0.125. The van der Waals surface area contributed by atoms with Gasteiger partial charge in [-0.05, 0) is 13.0 Å². The van der Waals surface area contributed by atoms with Crippen molar-refractivity contribution in [1.82, 2.24) is 4.98 Å². The highest BCUT2D eigenvalue weighted by Gasteiger charge is 2.03. The van der Waals surface area contributed by atoms with E-state index in [1.807, 2.05) is 0 Å². The van der Waals surface area contributed by atoms with E-state index < -0.39 is 5.97 Å². The Bertz CT molecular complexity index is 262. The maximum Gasteiger partial charge on any atom is 0.338 e. The van der Waals surface area contributed by atoms with Gasteiger partial charge in [0.25, 0.3) is 0 Å². The molecule has 0 aliphatic rings. The van der Waals surface area contributed by atoms with E-state index in [1.165, 1.54) is 0 Å². The van der Waals surface area contributed by atoms with Gasteiger partial charge in [-0.3, -0.25) is 0 Å². The minimum absolute atomic E-state index is 0.395. The van der Waals surface area contributed by atoms with Crippen molar-refractivity contribution in [2.24, 2.45) is 0 Å². The van der Waals surface area contributed by atoms with Crippen molar-refractivity contribution in [3.8, 4) is 5.75 Å². The smallest absolute Gasteiger partial charge is 0.338 e. The Balaban J connectivity index is 2.57. The van der Waals surface area contributed by atoms with Crippen LogP contribution in [0.3, 0.4) is 0 Å². The summed E-state index contributed by atoms with van der Waals surface area (Å²) in [6.07, 6.45) is 3.28. The number of hydrogen-bond acceptors (Lipinski definition) is 2. The average molecular weight is 151 g/mol. The Morgan fingerprint density at radius 3 is 2.91 bits per heavy atom. The van der Waals surface area contributed by atoms with E-state index in [-0.39, 0.29) is 0 Å². The molecular weight excluding hydrogens is 142 g/mol. The second kappa shape index (κ2) is 3.05. The van der Waals surface area contributed by atoms with Gasteiger partial charge < -0.3 is 9.72 Å². The van der Waals surface area contributed by atoms with Crippen LogP contribution in [0.15, 0.2) is 30.6 Å². The standard InChI is InChI=1S/C8H9NO2/c1-6(2)8(10)11-7-3-4-9-5-7/h3-5,9H,1H2,2H3. The van der Waals surface area contributed by atoms with Crippen LogP contribution in [-0.4, -0.2) is 11.0 Å². The quantitative estimate of drug-likeness (QED) is 0.514. The summed E-state index contributed by atoms with van der Waals surface area (Å²) in [5, 5.41) is 0. The monoisotopic (exact) mass is 151 g/mol. The van der Waals surface area contributed by atoms with Crippen LogP contribution in [0.5, 0.6) is 5.75 Å². The van der Waals surface area contributed by atoms with Gasteiger partial charge in [0, 0.05) is 18.0 Å². The number of H-pyrrole nitrogens is 1. The summed E-state index contributed by atoms with van der Waals surface area (Å²) >= 11 is 0. The highest BCUT2D eigenvalue weighted by Crippen LogP contribution is 2.08. The highest BCUT2D eigenvalue weighted by atomic mass is 16.5. The third kappa shape index (κ3) is 1.97. The molecule has 1 N–H and O–H groups in total. The van der Waals surface area contributed by atoms with Crippen molar-refractivity contribution in [2.45, 2.75) is 6.92 Å². The predicted octanol–water partition coefficient (Wildman–Crippen LogP) is 1.50. The molecule has 0 bridgehead atoms. The number of aromatic nitrogens is 1. The summed E-state index contributed by atoms with van der Waals surface area (Å²) in [5.74, 6) is 0.114. The lowest BCUT2D eigenvalue weighted by Gasteiger charge is -1.98. The SMILES string of the molecule is C=C(C)C(=O)Oc1cc[nH]c1. The second-order valence-electron chi connectivity index (χ2n) is 2.22. The Morgan fingerprint density at radius 2 is 2.45 bits per heavy atom. The Labute approximate surface area is 64.7 Å². The first-order valence-corrected chi connectivity index (χ1v) is 3.20. The van der Waals surface area contributed by atoms with E-state index in [9.17, 15) is 4.79 Å². The number of aromatic amines is 1. The predicted molar refractivity (Wildman–Crippen MR) is 41.2 cm³/mol. The lowest BCUT2D eigenvalue weighted by atomic mass is 10.4. The number of hydrogen-bond donors (Lipinski definition) is 1. The maximum atomic E-state index is 10.9. The topological polar surface area (TPSA) is 42.1 Å². The number of rotatable bonds is 2. The van der Waals surface area contributed by atoms with Crippen LogP contribution in [0.1, 0.15) is 6.92 Å². The van der Waals surface area contributed by atoms with E-state index >= 15 is 0 Å². The van der Waals surface area contributed by atoms with Crippen molar-refractivity contribution >= 4 is 5.97 Å². The van der Waals surface area contributed by atoms with Crippen molar-refractivity contribution in [3.05, 3.63) is 30.6 Å². The second-order valence-corrected chi connectivity index (χ2v) is 2.22. The largest absolute Gasteiger partial charge is 0.422 e. The van der Waals surface area contributed by atoms with Crippen LogP contribution in [-0.2, 0) is 4.79 Å². The van der Waals surface area contributed by atoms with Gasteiger partial charge >= 0.3 is 5.97 Å². The van der Waals surface area contributed by atoms with E-state index in [2.05, 4.69) is 11.6 Å². The molecule has 11 heavy (non-hydrogen) atoms. The third-order valence-electron chi connectivity index (χ3n) is 1.13. The molecule has 0 spiro atoms. The Hall–Kier alpha value is -1.51. The summed E-state index contributed by atoms with van der Waals surface area (Å²) in [6.45, 7) is 5.06. The van der Waals surface area contributed by atoms with Crippen LogP contribution >= 0.6 is 0 Å². The molecular formula is C8H9NO2. The van der Waals surface area contributed by atoms with Gasteiger partial charge in [-0.1, -0.05) is 6.58 Å². The van der Waals surface area contributed by atoms with Crippen LogP contribution < -0.4 is 4.74 Å². The molecule has 0 saturated heterocycles. The number of esters is 1. The van der Waals surface area contributed by atoms with Crippen LogP contribution in [0.25, 0.3) is 0 Å². The van der Waals surface area contributed by atoms with E-state index in [0.29, 0.717) is 11.3 Å². The number of carbonyl (C=O) groups excluding carboxylic acids is 1. The highest BCUT2D eigenvalue weighted by molar-refractivity contribution is 5.88. The zero-order chi connectivity index (χ0) is 8.27. The van der Waals surface area contributed by atoms with Gasteiger partial charge in [-0.2, -0.15) is 0 Å². The molecule has 1 aromatic rings. The zero-order valence-corrected chi connectivity index (χ0v) is 6.26. The van der Waals surface area contributed by atoms with E-state index in [1.54, 1.807) is 25.4 Å².